The van der Waals surface area contributed by atoms with Gasteiger partial charge in [-0.25, -0.2) is 0 Å². The van der Waals surface area contributed by atoms with Gasteiger partial charge in [-0.1, -0.05) is 24.3 Å². The number of nitrogens with zero attached hydrogens (tertiary/aromatic N) is 2. The average molecular weight is 634 g/mol. The summed E-state index contributed by atoms with van der Waals surface area (Å²) in [5, 5.41) is 23.2. The highest BCUT2D eigenvalue weighted by atomic mass is 19.4. The van der Waals surface area contributed by atoms with E-state index < -0.39 is 24.3 Å². The number of carbonyl (C=O) groups excluding carboxylic acids is 3. The Morgan fingerprint density at radius 2 is 1.59 bits per heavy atom. The summed E-state index contributed by atoms with van der Waals surface area (Å²) in [6.45, 7) is 4.93. The lowest BCUT2D eigenvalue weighted by atomic mass is 9.97. The summed E-state index contributed by atoms with van der Waals surface area (Å²) in [6, 6.07) is 8.91. The quantitative estimate of drug-likeness (QED) is 0.350. The second-order valence-electron chi connectivity index (χ2n) is 10.8. The van der Waals surface area contributed by atoms with Crippen LogP contribution in [0, 0.1) is 5.92 Å². The number of carbonyl (C=O) groups is 3. The number of piperidine rings is 1. The van der Waals surface area contributed by atoms with Crippen molar-refractivity contribution >= 4 is 29.8 Å². The minimum atomic E-state index is -5.19. The van der Waals surface area contributed by atoms with Crippen LogP contribution < -0.4 is 25.7 Å². The van der Waals surface area contributed by atoms with Crippen molar-refractivity contribution in [2.45, 2.75) is 57.2 Å². The zero-order valence-corrected chi connectivity index (χ0v) is 23.8. The van der Waals surface area contributed by atoms with Crippen LogP contribution in [0.15, 0.2) is 46.7 Å². The first-order chi connectivity index (χ1) is 20.6. The lowest BCUT2D eigenvalue weighted by Gasteiger charge is -2.30. The van der Waals surface area contributed by atoms with E-state index in [2.05, 4.69) is 46.8 Å². The first-order valence-corrected chi connectivity index (χ1v) is 13.9. The Hall–Kier alpha value is -3.92. The molecule has 4 aliphatic rings. The molecule has 0 radical (unpaired) electrons. The smallest absolute Gasteiger partial charge is 0.430 e. The minimum Gasteiger partial charge on any atom is -0.542 e. The Bertz CT molecular complexity index is 1260. The molecule has 0 spiro atoms. The van der Waals surface area contributed by atoms with Gasteiger partial charge in [0.25, 0.3) is 0 Å². The van der Waals surface area contributed by atoms with Crippen molar-refractivity contribution < 1.29 is 61.2 Å². The number of aliphatic carboxylic acids is 2. The summed E-state index contributed by atoms with van der Waals surface area (Å²) in [7, 11) is 2.31. The van der Waals surface area contributed by atoms with E-state index >= 15 is 0 Å². The number of nitrogens with one attached hydrogen (secondary N) is 2. The van der Waals surface area contributed by atoms with Crippen LogP contribution in [0.3, 0.4) is 0 Å². The molecule has 0 aliphatic carbocycles. The van der Waals surface area contributed by atoms with Crippen molar-refractivity contribution in [2.24, 2.45) is 10.9 Å². The molecule has 242 valence electrons. The Balaban J connectivity index is 0.000000317. The van der Waals surface area contributed by atoms with Crippen molar-refractivity contribution in [1.82, 2.24) is 10.2 Å². The zero-order chi connectivity index (χ0) is 32.7. The number of hydrogen-bond donors (Lipinski definition) is 3. The van der Waals surface area contributed by atoms with Crippen molar-refractivity contribution in [2.75, 3.05) is 26.7 Å². The van der Waals surface area contributed by atoms with E-state index in [1.807, 2.05) is 12.3 Å². The Morgan fingerprint density at radius 1 is 1.02 bits per heavy atom. The molecule has 1 unspecified atom stereocenters. The van der Waals surface area contributed by atoms with E-state index in [-0.39, 0.29) is 12.1 Å². The fourth-order valence-electron chi connectivity index (χ4n) is 5.21. The number of nitrogens with two attached hydrogens (primary N) is 1. The molecule has 2 saturated heterocycles. The van der Waals surface area contributed by atoms with Gasteiger partial charge in [-0.05, 0) is 18.9 Å². The number of carboxylic acid groups (broad SMARTS) is 2. The Kier molecular flexibility index (Phi) is 11.6. The maximum Gasteiger partial charge on any atom is 0.430 e. The number of aliphatic imine (C=N–C) groups is 1. The van der Waals surface area contributed by atoms with E-state index in [0.29, 0.717) is 6.42 Å². The number of hydrogen-bond acceptors (Lipinski definition) is 7. The molecule has 1 aromatic rings. The maximum absolute atomic E-state index is 12.0. The number of benzene rings is 1. The molecule has 2 fully saturated rings. The summed E-state index contributed by atoms with van der Waals surface area (Å²) >= 11 is 0. The minimum absolute atomic E-state index is 0.0676. The van der Waals surface area contributed by atoms with E-state index in [0.717, 1.165) is 36.7 Å². The fraction of sp³-hybridized carbons (Fsp3) is 0.500. The van der Waals surface area contributed by atoms with Gasteiger partial charge in [0, 0.05) is 42.0 Å². The molecule has 1 amide bonds. The normalized spacial score (nSPS) is 22.8. The van der Waals surface area contributed by atoms with Crippen molar-refractivity contribution in [3.8, 4) is 0 Å². The lowest BCUT2D eigenvalue weighted by Crippen LogP contribution is -3.10. The van der Waals surface area contributed by atoms with E-state index in [1.54, 1.807) is 4.90 Å². The molecule has 4 aliphatic heterocycles. The third kappa shape index (κ3) is 9.80. The van der Waals surface area contributed by atoms with Gasteiger partial charge in [0.15, 0.2) is 0 Å². The lowest BCUT2D eigenvalue weighted by molar-refractivity contribution is -0.887. The van der Waals surface area contributed by atoms with Crippen LogP contribution in [-0.4, -0.2) is 74.2 Å². The summed E-state index contributed by atoms with van der Waals surface area (Å²) in [6.07, 6.45) is -1.36. The van der Waals surface area contributed by atoms with Gasteiger partial charge in [-0.15, -0.1) is 0 Å². The molecule has 1 atom stereocenters. The zero-order valence-electron chi connectivity index (χ0n) is 23.8. The average Bonchev–Trinajstić information content (AvgIpc) is 3.29. The topological polar surface area (TPSA) is 146 Å². The number of carboxylic acids is 2. The number of halogens is 6. The summed E-state index contributed by atoms with van der Waals surface area (Å²) < 4.78 is 63.1. The van der Waals surface area contributed by atoms with E-state index in [1.165, 1.54) is 49.3 Å². The Morgan fingerprint density at radius 3 is 2.14 bits per heavy atom. The van der Waals surface area contributed by atoms with Crippen LogP contribution in [0.25, 0.3) is 5.70 Å². The van der Waals surface area contributed by atoms with Gasteiger partial charge < -0.3 is 40.2 Å². The third-order valence-electron chi connectivity index (χ3n) is 7.49. The molecule has 5 rings (SSSR count). The number of alkyl halides is 6. The SMILES string of the molecule is C[NH+]1CCC(C[NH2+]Cc2ccc(C3=C4CCC5NC(=O)CC=C(C=N3)N45)cc2)CC1.O=C([O-])C(F)(F)F.O=C([O-])C(F)(F)F. The summed E-state index contributed by atoms with van der Waals surface area (Å²) in [4.78, 5) is 38.3. The number of allylic oxidation sites excluding steroid dienone is 2. The molecule has 16 heteroatoms. The van der Waals surface area contributed by atoms with Gasteiger partial charge >= 0.3 is 12.4 Å². The largest absolute Gasteiger partial charge is 0.542 e. The highest BCUT2D eigenvalue weighted by Crippen LogP contribution is 2.39. The number of likely N-dealkylation sites (tertiary alicyclic amines) is 1. The van der Waals surface area contributed by atoms with Crippen LogP contribution in [0.2, 0.25) is 0 Å². The molecule has 10 nitrogen and oxygen atoms in total. The van der Waals surface area contributed by atoms with Crippen LogP contribution in [0.4, 0.5) is 26.3 Å². The highest BCUT2D eigenvalue weighted by Gasteiger charge is 2.37. The molecule has 0 bridgehead atoms. The molecule has 1 aromatic carbocycles. The second kappa shape index (κ2) is 14.7. The third-order valence-corrected chi connectivity index (χ3v) is 7.49. The Labute approximate surface area is 249 Å². The number of rotatable bonds is 5. The fourth-order valence-corrected chi connectivity index (χ4v) is 5.21. The standard InChI is InChI=1S/C24H31N5O.2C2HF3O2/c1-28-12-10-18(11-13-28)15-25-14-17-2-4-19(5-3-17)24-21-7-8-22-27-23(30)9-6-20(16-26-24)29(21)22;2*3-2(4,5)1(6)7/h2-6,16,18,22,25H,7-15H2,1H3,(H,27,30);2*(H,6,7). The molecule has 44 heavy (non-hydrogen) atoms. The first kappa shape index (κ1) is 34.6. The molecule has 0 aromatic heterocycles. The molecule has 4 heterocycles. The van der Waals surface area contributed by atoms with Crippen molar-refractivity contribution in [1.29, 1.82) is 0 Å². The van der Waals surface area contributed by atoms with Crippen LogP contribution >= 0.6 is 0 Å². The van der Waals surface area contributed by atoms with Crippen molar-refractivity contribution in [3.63, 3.8) is 0 Å². The predicted molar refractivity (Wildman–Crippen MR) is 140 cm³/mol. The van der Waals surface area contributed by atoms with E-state index in [9.17, 15) is 31.1 Å². The van der Waals surface area contributed by atoms with E-state index in [4.69, 9.17) is 24.8 Å². The molecular weight excluding hydrogens is 600 g/mol. The van der Waals surface area contributed by atoms with Gasteiger partial charge in [0.05, 0.1) is 44.3 Å². The van der Waals surface area contributed by atoms with Crippen LogP contribution in [0.1, 0.15) is 43.2 Å². The van der Waals surface area contributed by atoms with Crippen molar-refractivity contribution in [3.05, 3.63) is 52.9 Å². The number of amides is 1. The monoisotopic (exact) mass is 633 g/mol. The second-order valence-corrected chi connectivity index (χ2v) is 10.8. The number of quaternary nitrogens is 2. The van der Waals surface area contributed by atoms with Gasteiger partial charge in [-0.2, -0.15) is 26.3 Å². The van der Waals surface area contributed by atoms with Gasteiger partial charge in [0.1, 0.15) is 24.6 Å². The summed E-state index contributed by atoms with van der Waals surface area (Å²) in [5.41, 5.74) is 5.87. The predicted octanol–water partition coefficient (Wildman–Crippen LogP) is -1.15. The first-order valence-electron chi connectivity index (χ1n) is 13.9. The highest BCUT2D eigenvalue weighted by molar-refractivity contribution is 5.91. The maximum atomic E-state index is 12.0. The molecular formula is C28H33F6N5O5. The van der Waals surface area contributed by atoms with Crippen LogP contribution in [-0.2, 0) is 20.9 Å². The summed E-state index contributed by atoms with van der Waals surface area (Å²) in [5.74, 6) is -5.04. The van der Waals surface area contributed by atoms with Gasteiger partial charge in [-0.3, -0.25) is 9.79 Å². The molecule has 0 saturated carbocycles. The van der Waals surface area contributed by atoms with Crippen LogP contribution in [0.5, 0.6) is 0 Å². The molecule has 4 N–H and O–H groups in total. The van der Waals surface area contributed by atoms with Gasteiger partial charge in [0.2, 0.25) is 5.91 Å².